The molecule has 1 fully saturated rings. The highest BCUT2D eigenvalue weighted by atomic mass is 32.2. The summed E-state index contributed by atoms with van der Waals surface area (Å²) < 4.78 is 40.6. The first kappa shape index (κ1) is 15.9. The van der Waals surface area contributed by atoms with Crippen LogP contribution >= 0.6 is 0 Å². The molecule has 0 radical (unpaired) electrons. The third-order valence-electron chi connectivity index (χ3n) is 3.95. The number of benzene rings is 1. The number of nitrogens with one attached hydrogen (secondary N) is 1. The van der Waals surface area contributed by atoms with E-state index in [0.29, 0.717) is 5.92 Å². The lowest BCUT2D eigenvalue weighted by molar-refractivity contribution is 0.484. The van der Waals surface area contributed by atoms with E-state index in [1.54, 1.807) is 6.07 Å². The van der Waals surface area contributed by atoms with Gasteiger partial charge in [-0.15, -0.1) is 0 Å². The molecule has 0 bridgehead atoms. The average Bonchev–Trinajstić information content (AvgIpc) is 2.63. The van der Waals surface area contributed by atoms with Crippen molar-refractivity contribution in [2.75, 3.05) is 0 Å². The van der Waals surface area contributed by atoms with Gasteiger partial charge in [-0.25, -0.2) is 17.5 Å². The molecule has 0 saturated heterocycles. The normalized spacial score (nSPS) is 23.3. The van der Waals surface area contributed by atoms with E-state index in [4.69, 9.17) is 5.26 Å². The van der Waals surface area contributed by atoms with Crippen LogP contribution in [0.3, 0.4) is 0 Å². The van der Waals surface area contributed by atoms with Crippen molar-refractivity contribution in [1.29, 1.82) is 5.26 Å². The first-order valence-electron chi connectivity index (χ1n) is 7.14. The van der Waals surface area contributed by atoms with Gasteiger partial charge >= 0.3 is 0 Å². The number of hydrogen-bond donors (Lipinski definition) is 1. The monoisotopic (exact) mass is 310 g/mol. The second kappa shape index (κ2) is 6.54. The van der Waals surface area contributed by atoms with E-state index in [1.165, 1.54) is 6.07 Å². The van der Waals surface area contributed by atoms with Gasteiger partial charge in [-0.05, 0) is 43.4 Å². The second-order valence-corrected chi connectivity index (χ2v) is 7.40. The van der Waals surface area contributed by atoms with Crippen molar-refractivity contribution in [3.05, 3.63) is 29.6 Å². The van der Waals surface area contributed by atoms with E-state index in [0.717, 1.165) is 44.2 Å². The summed E-state index contributed by atoms with van der Waals surface area (Å²) in [5, 5.41) is 8.79. The van der Waals surface area contributed by atoms with Crippen LogP contribution in [0.4, 0.5) is 4.39 Å². The first-order valence-corrected chi connectivity index (χ1v) is 8.62. The fourth-order valence-electron chi connectivity index (χ4n) is 2.65. The predicted octanol–water partition coefficient (Wildman–Crippen LogP) is 2.94. The van der Waals surface area contributed by atoms with Crippen LogP contribution in [0.5, 0.6) is 0 Å². The summed E-state index contributed by atoms with van der Waals surface area (Å²) in [6, 6.07) is 4.86. The van der Waals surface area contributed by atoms with Crippen molar-refractivity contribution in [1.82, 2.24) is 4.72 Å². The molecule has 1 aromatic carbocycles. The summed E-state index contributed by atoms with van der Waals surface area (Å²) in [4.78, 5) is -0.0576. The molecule has 2 atom stereocenters. The van der Waals surface area contributed by atoms with E-state index in [2.05, 4.69) is 11.6 Å². The Balaban J connectivity index is 2.17. The number of nitrogens with zero attached hydrogens (tertiary/aromatic N) is 1. The zero-order chi connectivity index (χ0) is 15.5. The average molecular weight is 310 g/mol. The lowest BCUT2D eigenvalue weighted by Gasteiger charge is -2.16. The highest BCUT2D eigenvalue weighted by Crippen LogP contribution is 2.24. The molecule has 0 aliphatic heterocycles. The van der Waals surface area contributed by atoms with Gasteiger partial charge in [-0.2, -0.15) is 5.26 Å². The minimum atomic E-state index is -3.71. The summed E-state index contributed by atoms with van der Waals surface area (Å²) in [6.07, 6.45) is 4.75. The Labute approximate surface area is 125 Å². The highest BCUT2D eigenvalue weighted by Gasteiger charge is 2.23. The van der Waals surface area contributed by atoms with Gasteiger partial charge in [0.2, 0.25) is 10.0 Å². The topological polar surface area (TPSA) is 70.0 Å². The number of sulfonamides is 1. The Kier molecular flexibility index (Phi) is 4.96. The maximum atomic E-state index is 13.3. The molecule has 2 rings (SSSR count). The van der Waals surface area contributed by atoms with Gasteiger partial charge in [0.05, 0.1) is 10.5 Å². The molecular formula is C15H19FN2O2S. The van der Waals surface area contributed by atoms with Crippen molar-refractivity contribution >= 4 is 10.0 Å². The van der Waals surface area contributed by atoms with Gasteiger partial charge in [0.1, 0.15) is 11.9 Å². The van der Waals surface area contributed by atoms with E-state index < -0.39 is 15.8 Å². The van der Waals surface area contributed by atoms with E-state index in [-0.39, 0.29) is 16.5 Å². The van der Waals surface area contributed by atoms with Crippen LogP contribution in [-0.2, 0) is 10.0 Å². The van der Waals surface area contributed by atoms with Gasteiger partial charge in [-0.3, -0.25) is 0 Å². The van der Waals surface area contributed by atoms with Gasteiger partial charge in [-0.1, -0.05) is 19.8 Å². The number of halogens is 1. The van der Waals surface area contributed by atoms with E-state index in [1.807, 2.05) is 0 Å². The molecule has 2 unspecified atom stereocenters. The zero-order valence-electron chi connectivity index (χ0n) is 12.0. The molecule has 1 aliphatic carbocycles. The molecule has 1 aliphatic rings. The van der Waals surface area contributed by atoms with Crippen molar-refractivity contribution in [2.24, 2.45) is 5.92 Å². The van der Waals surface area contributed by atoms with Crippen LogP contribution in [-0.4, -0.2) is 14.5 Å². The molecule has 0 heterocycles. The lowest BCUT2D eigenvalue weighted by atomic mass is 10.0. The van der Waals surface area contributed by atoms with Crippen molar-refractivity contribution in [3.63, 3.8) is 0 Å². The summed E-state index contributed by atoms with van der Waals surface area (Å²) in [6.45, 7) is 2.18. The van der Waals surface area contributed by atoms with Crippen LogP contribution in [0.1, 0.15) is 44.6 Å². The Morgan fingerprint density at radius 1 is 1.29 bits per heavy atom. The minimum Gasteiger partial charge on any atom is -0.208 e. The maximum Gasteiger partial charge on any atom is 0.240 e. The van der Waals surface area contributed by atoms with Crippen molar-refractivity contribution in [3.8, 4) is 6.07 Å². The zero-order valence-corrected chi connectivity index (χ0v) is 12.8. The largest absolute Gasteiger partial charge is 0.240 e. The molecule has 0 aromatic heterocycles. The number of rotatable bonds is 3. The van der Waals surface area contributed by atoms with Gasteiger partial charge in [0.25, 0.3) is 0 Å². The fourth-order valence-corrected chi connectivity index (χ4v) is 3.98. The molecule has 1 saturated carbocycles. The van der Waals surface area contributed by atoms with Crippen LogP contribution in [0.25, 0.3) is 0 Å². The summed E-state index contributed by atoms with van der Waals surface area (Å²) >= 11 is 0. The third kappa shape index (κ3) is 4.02. The lowest BCUT2D eigenvalue weighted by Crippen LogP contribution is -2.34. The smallest absolute Gasteiger partial charge is 0.208 e. The van der Waals surface area contributed by atoms with Crippen LogP contribution in [0.15, 0.2) is 23.1 Å². The SMILES string of the molecule is CC1CCCC(NS(=O)(=O)c2ccc(F)c(C#N)c2)CC1. The number of nitriles is 1. The quantitative estimate of drug-likeness (QED) is 0.873. The number of hydrogen-bond acceptors (Lipinski definition) is 3. The first-order chi connectivity index (χ1) is 9.92. The molecule has 4 nitrogen and oxygen atoms in total. The predicted molar refractivity (Wildman–Crippen MR) is 77.5 cm³/mol. The minimum absolute atomic E-state index is 0.0576. The molecule has 0 amide bonds. The van der Waals surface area contributed by atoms with Gasteiger partial charge < -0.3 is 0 Å². The van der Waals surface area contributed by atoms with Crippen LogP contribution in [0, 0.1) is 23.1 Å². The molecule has 21 heavy (non-hydrogen) atoms. The van der Waals surface area contributed by atoms with E-state index in [9.17, 15) is 12.8 Å². The molecular weight excluding hydrogens is 291 g/mol. The Bertz CT molecular complexity index is 652. The Morgan fingerprint density at radius 3 is 2.76 bits per heavy atom. The molecule has 114 valence electrons. The van der Waals surface area contributed by atoms with E-state index >= 15 is 0 Å². The molecule has 1 aromatic rings. The second-order valence-electron chi connectivity index (χ2n) is 5.69. The summed E-state index contributed by atoms with van der Waals surface area (Å²) in [5.74, 6) is -0.0877. The van der Waals surface area contributed by atoms with Crippen LogP contribution in [0.2, 0.25) is 0 Å². The van der Waals surface area contributed by atoms with Gasteiger partial charge in [0.15, 0.2) is 0 Å². The molecule has 6 heteroatoms. The Morgan fingerprint density at radius 2 is 2.05 bits per heavy atom. The summed E-state index contributed by atoms with van der Waals surface area (Å²) in [5.41, 5.74) is -0.257. The van der Waals surface area contributed by atoms with Crippen molar-refractivity contribution < 1.29 is 12.8 Å². The Hall–Kier alpha value is -1.45. The fraction of sp³-hybridized carbons (Fsp3) is 0.533. The maximum absolute atomic E-state index is 13.3. The summed E-state index contributed by atoms with van der Waals surface area (Å²) in [7, 11) is -3.71. The molecule has 1 N–H and O–H groups in total. The highest BCUT2D eigenvalue weighted by molar-refractivity contribution is 7.89. The van der Waals surface area contributed by atoms with Crippen LogP contribution < -0.4 is 4.72 Å². The van der Waals surface area contributed by atoms with Gasteiger partial charge in [0, 0.05) is 6.04 Å². The molecule has 0 spiro atoms. The third-order valence-corrected chi connectivity index (χ3v) is 5.47. The van der Waals surface area contributed by atoms with Crippen molar-refractivity contribution in [2.45, 2.75) is 50.0 Å². The standard InChI is InChI=1S/C15H19FN2O2S/c1-11-3-2-4-13(6-5-11)18-21(19,20)14-7-8-15(16)12(9-14)10-17/h7-9,11,13,18H,2-6H2,1H3.